The van der Waals surface area contributed by atoms with Crippen LogP contribution in [0.2, 0.25) is 0 Å². The Kier molecular flexibility index (Phi) is 3.84. The third-order valence-electron chi connectivity index (χ3n) is 3.06. The van der Waals surface area contributed by atoms with E-state index in [2.05, 4.69) is 5.32 Å². The van der Waals surface area contributed by atoms with Crippen molar-refractivity contribution in [1.82, 2.24) is 5.32 Å². The van der Waals surface area contributed by atoms with Gasteiger partial charge in [0, 0.05) is 24.8 Å². The van der Waals surface area contributed by atoms with Gasteiger partial charge in [0.2, 0.25) is 5.91 Å². The molecule has 1 saturated carbocycles. The molecule has 0 heterocycles. The zero-order valence-electron chi connectivity index (χ0n) is 11.0. The average molecular weight is 274 g/mol. The van der Waals surface area contributed by atoms with E-state index in [9.17, 15) is 14.9 Å². The molecule has 1 amide bonds. The molecule has 0 saturated heterocycles. The van der Waals surface area contributed by atoms with Gasteiger partial charge in [-0.3, -0.25) is 14.9 Å². The number of amides is 1. The van der Waals surface area contributed by atoms with Crippen molar-refractivity contribution in [3.63, 3.8) is 0 Å². The van der Waals surface area contributed by atoms with Gasteiger partial charge in [-0.05, 0) is 25.0 Å². The van der Waals surface area contributed by atoms with Gasteiger partial charge in [0.25, 0.3) is 5.69 Å². The van der Waals surface area contributed by atoms with Gasteiger partial charge in [-0.1, -0.05) is 0 Å². The quantitative estimate of drug-likeness (QED) is 0.642. The summed E-state index contributed by atoms with van der Waals surface area (Å²) in [5.74, 6) is -0.109. The average Bonchev–Trinajstić information content (AvgIpc) is 3.21. The lowest BCUT2D eigenvalue weighted by molar-refractivity contribution is -0.385. The lowest BCUT2D eigenvalue weighted by Crippen LogP contribution is -2.36. The van der Waals surface area contributed by atoms with Crippen LogP contribution in [0.1, 0.15) is 18.4 Å². The minimum absolute atomic E-state index is 0.00887. The van der Waals surface area contributed by atoms with Crippen molar-refractivity contribution in [3.05, 3.63) is 33.9 Å². The van der Waals surface area contributed by atoms with Crippen molar-refractivity contribution in [2.75, 3.05) is 18.5 Å². The Bertz CT molecular complexity index is 590. The van der Waals surface area contributed by atoms with Crippen molar-refractivity contribution < 1.29 is 9.72 Å². The Morgan fingerprint density at radius 2 is 2.30 bits per heavy atom. The van der Waals surface area contributed by atoms with Gasteiger partial charge < -0.3 is 10.2 Å². The predicted molar refractivity (Wildman–Crippen MR) is 72.2 cm³/mol. The highest BCUT2D eigenvalue weighted by Crippen LogP contribution is 2.24. The van der Waals surface area contributed by atoms with E-state index in [4.69, 9.17) is 5.26 Å². The van der Waals surface area contributed by atoms with E-state index in [1.54, 1.807) is 24.1 Å². The van der Waals surface area contributed by atoms with Crippen LogP contribution in [0.25, 0.3) is 0 Å². The standard InChI is InChI=1S/C13H14N4O3/c1-16(8-13(18)15-10-3-4-10)11-5-2-9(7-14)12(6-11)17(19)20/h2,5-6,10H,3-4,8H2,1H3,(H,15,18). The highest BCUT2D eigenvalue weighted by atomic mass is 16.6. The first-order valence-corrected chi connectivity index (χ1v) is 6.20. The van der Waals surface area contributed by atoms with Gasteiger partial charge in [-0.25, -0.2) is 0 Å². The number of anilines is 1. The van der Waals surface area contributed by atoms with Crippen molar-refractivity contribution in [2.24, 2.45) is 0 Å². The van der Waals surface area contributed by atoms with E-state index in [1.807, 2.05) is 0 Å². The van der Waals surface area contributed by atoms with Gasteiger partial charge in [-0.2, -0.15) is 5.26 Å². The van der Waals surface area contributed by atoms with Crippen molar-refractivity contribution in [3.8, 4) is 6.07 Å². The van der Waals surface area contributed by atoms with Crippen LogP contribution in [0.4, 0.5) is 11.4 Å². The number of nitrogens with one attached hydrogen (secondary N) is 1. The molecule has 1 aliphatic carbocycles. The smallest absolute Gasteiger partial charge is 0.289 e. The van der Waals surface area contributed by atoms with Crippen LogP contribution in [-0.4, -0.2) is 30.5 Å². The molecule has 7 nitrogen and oxygen atoms in total. The Hall–Kier alpha value is -2.62. The van der Waals surface area contributed by atoms with E-state index in [1.165, 1.54) is 12.1 Å². The van der Waals surface area contributed by atoms with E-state index in [0.717, 1.165) is 12.8 Å². The number of hydrogen-bond acceptors (Lipinski definition) is 5. The number of nitriles is 1. The summed E-state index contributed by atoms with van der Waals surface area (Å²) in [4.78, 5) is 23.6. The molecule has 1 fully saturated rings. The summed E-state index contributed by atoms with van der Waals surface area (Å²) in [5, 5.41) is 22.6. The molecule has 0 radical (unpaired) electrons. The molecular weight excluding hydrogens is 260 g/mol. The van der Waals surface area contributed by atoms with Crippen LogP contribution in [0.3, 0.4) is 0 Å². The van der Waals surface area contributed by atoms with E-state index in [0.29, 0.717) is 5.69 Å². The van der Waals surface area contributed by atoms with Crippen molar-refractivity contribution in [2.45, 2.75) is 18.9 Å². The molecule has 0 aliphatic heterocycles. The Balaban J connectivity index is 2.11. The van der Waals surface area contributed by atoms with Crippen LogP contribution in [0, 0.1) is 21.4 Å². The van der Waals surface area contributed by atoms with E-state index >= 15 is 0 Å². The summed E-state index contributed by atoms with van der Waals surface area (Å²) in [6.07, 6.45) is 2.02. The van der Waals surface area contributed by atoms with Crippen LogP contribution in [-0.2, 0) is 4.79 Å². The number of nitro groups is 1. The monoisotopic (exact) mass is 274 g/mol. The van der Waals surface area contributed by atoms with Crippen LogP contribution < -0.4 is 10.2 Å². The number of likely N-dealkylation sites (N-methyl/N-ethyl adjacent to an activating group) is 1. The fraction of sp³-hybridized carbons (Fsp3) is 0.385. The Morgan fingerprint density at radius 3 is 2.85 bits per heavy atom. The molecule has 7 heteroatoms. The van der Waals surface area contributed by atoms with Crippen LogP contribution in [0.5, 0.6) is 0 Å². The topological polar surface area (TPSA) is 99.3 Å². The second-order valence-corrected chi connectivity index (χ2v) is 4.77. The second-order valence-electron chi connectivity index (χ2n) is 4.77. The Labute approximate surface area is 115 Å². The molecule has 0 bridgehead atoms. The molecule has 2 rings (SSSR count). The number of rotatable bonds is 5. The maximum Gasteiger partial charge on any atom is 0.289 e. The van der Waals surface area contributed by atoms with Gasteiger partial charge in [0.1, 0.15) is 11.6 Å². The third-order valence-corrected chi connectivity index (χ3v) is 3.06. The zero-order chi connectivity index (χ0) is 14.7. The van der Waals surface area contributed by atoms with E-state index < -0.39 is 4.92 Å². The van der Waals surface area contributed by atoms with Crippen molar-refractivity contribution in [1.29, 1.82) is 5.26 Å². The number of benzene rings is 1. The SMILES string of the molecule is CN(CC(=O)NC1CC1)c1ccc(C#N)c([N+](=O)[O-])c1. The highest BCUT2D eigenvalue weighted by molar-refractivity contribution is 5.82. The highest BCUT2D eigenvalue weighted by Gasteiger charge is 2.24. The molecule has 0 spiro atoms. The molecule has 0 aromatic heterocycles. The zero-order valence-corrected chi connectivity index (χ0v) is 11.0. The van der Waals surface area contributed by atoms with Gasteiger partial charge in [0.05, 0.1) is 11.5 Å². The summed E-state index contributed by atoms with van der Waals surface area (Å²) in [5.41, 5.74) is 0.288. The molecule has 1 aromatic carbocycles. The fourth-order valence-corrected chi connectivity index (χ4v) is 1.81. The maximum absolute atomic E-state index is 11.7. The maximum atomic E-state index is 11.7. The largest absolute Gasteiger partial charge is 0.365 e. The molecule has 1 aromatic rings. The lowest BCUT2D eigenvalue weighted by Gasteiger charge is -2.18. The van der Waals surface area contributed by atoms with Crippen LogP contribution in [0.15, 0.2) is 18.2 Å². The minimum Gasteiger partial charge on any atom is -0.365 e. The summed E-state index contributed by atoms with van der Waals surface area (Å²) in [7, 11) is 1.68. The number of carbonyl (C=O) groups excluding carboxylic acids is 1. The molecule has 20 heavy (non-hydrogen) atoms. The van der Waals surface area contributed by atoms with Crippen molar-refractivity contribution >= 4 is 17.3 Å². The number of hydrogen-bond donors (Lipinski definition) is 1. The molecule has 1 N–H and O–H groups in total. The number of nitrogens with zero attached hydrogens (tertiary/aromatic N) is 3. The van der Waals surface area contributed by atoms with Gasteiger partial charge in [0.15, 0.2) is 0 Å². The van der Waals surface area contributed by atoms with Gasteiger partial charge in [-0.15, -0.1) is 0 Å². The molecular formula is C13H14N4O3. The first-order valence-electron chi connectivity index (χ1n) is 6.20. The first-order chi connectivity index (χ1) is 9.51. The third kappa shape index (κ3) is 3.23. The molecule has 0 atom stereocenters. The molecule has 0 unspecified atom stereocenters. The Morgan fingerprint density at radius 1 is 1.60 bits per heavy atom. The van der Waals surface area contributed by atoms with Gasteiger partial charge >= 0.3 is 0 Å². The summed E-state index contributed by atoms with van der Waals surface area (Å²) in [6.45, 7) is 0.125. The normalized spacial score (nSPS) is 13.4. The van der Waals surface area contributed by atoms with E-state index in [-0.39, 0.29) is 29.7 Å². The second kappa shape index (κ2) is 5.57. The summed E-state index contributed by atoms with van der Waals surface area (Å²) in [6, 6.07) is 6.36. The molecule has 1 aliphatic rings. The van der Waals surface area contributed by atoms with Crippen LogP contribution >= 0.6 is 0 Å². The number of nitro benzene ring substituents is 1. The first kappa shape index (κ1) is 13.8. The molecule has 104 valence electrons. The summed E-state index contributed by atoms with van der Waals surface area (Å²) < 4.78 is 0. The minimum atomic E-state index is -0.597. The predicted octanol–water partition coefficient (Wildman–Crippen LogP) is 1.18. The summed E-state index contributed by atoms with van der Waals surface area (Å²) >= 11 is 0. The fourth-order valence-electron chi connectivity index (χ4n) is 1.81. The lowest BCUT2D eigenvalue weighted by atomic mass is 10.1. The number of carbonyl (C=O) groups is 1.